The molecule has 2 aliphatic heterocycles. The maximum absolute atomic E-state index is 13.8. The molecule has 1 aromatic heterocycles. The van der Waals surface area contributed by atoms with Gasteiger partial charge in [-0.25, -0.2) is 9.18 Å². The highest BCUT2D eigenvalue weighted by Crippen LogP contribution is 2.34. The van der Waals surface area contributed by atoms with Crippen LogP contribution in [0.1, 0.15) is 44.2 Å². The molecule has 6 nitrogen and oxygen atoms in total. The quantitative estimate of drug-likeness (QED) is 0.559. The van der Waals surface area contributed by atoms with E-state index in [1.807, 2.05) is 40.8 Å². The van der Waals surface area contributed by atoms with Gasteiger partial charge in [-0.2, -0.15) is 5.10 Å². The van der Waals surface area contributed by atoms with Gasteiger partial charge in [0.2, 0.25) is 0 Å². The number of carbonyl (C=O) groups excluding carboxylic acids is 1. The van der Waals surface area contributed by atoms with Gasteiger partial charge in [0, 0.05) is 37.0 Å². The lowest BCUT2D eigenvalue weighted by atomic mass is 9.90. The number of aromatic nitrogens is 2. The fraction of sp³-hybridized carbons (Fsp3) is 0.462. The number of hydrogen-bond donors (Lipinski definition) is 0. The molecule has 0 spiro atoms. The number of para-hydroxylation sites is 1. The van der Waals surface area contributed by atoms with Gasteiger partial charge in [0.05, 0.1) is 11.2 Å². The molecule has 7 heteroatoms. The normalized spacial score (nSPS) is 18.7. The van der Waals surface area contributed by atoms with Crippen LogP contribution >= 0.6 is 0 Å². The Hall–Kier alpha value is -2.93. The number of benzene rings is 2. The van der Waals surface area contributed by atoms with Crippen LogP contribution in [0.15, 0.2) is 48.5 Å². The lowest BCUT2D eigenvalue weighted by Crippen LogP contribution is -2.49. The van der Waals surface area contributed by atoms with Gasteiger partial charge < -0.3 is 14.5 Å². The minimum absolute atomic E-state index is 0.211. The number of amides is 1. The second-order valence-corrected chi connectivity index (χ2v) is 9.07. The number of rotatable bonds is 4. The Kier molecular flexibility index (Phi) is 6.31. The largest absolute Gasteiger partial charge is 0.415 e. The molecule has 3 heterocycles. The fourth-order valence-electron chi connectivity index (χ4n) is 5.32. The van der Waals surface area contributed by atoms with E-state index in [9.17, 15) is 9.18 Å². The molecule has 2 fully saturated rings. The Morgan fingerprint density at radius 1 is 1.03 bits per heavy atom. The first-order chi connectivity index (χ1) is 16.1. The molecule has 33 heavy (non-hydrogen) atoms. The van der Waals surface area contributed by atoms with Crippen LogP contribution < -0.4 is 4.74 Å². The predicted molar refractivity (Wildman–Crippen MR) is 126 cm³/mol. The number of fused-ring (bicyclic) bond motifs is 1. The second-order valence-electron chi connectivity index (χ2n) is 9.07. The molecule has 2 aromatic carbocycles. The molecule has 0 bridgehead atoms. The van der Waals surface area contributed by atoms with E-state index in [1.165, 1.54) is 0 Å². The van der Waals surface area contributed by atoms with Crippen molar-refractivity contribution in [1.82, 2.24) is 19.6 Å². The van der Waals surface area contributed by atoms with Crippen LogP contribution in [0, 0.1) is 5.82 Å². The molecule has 0 saturated carbocycles. The first kappa shape index (κ1) is 21.9. The highest BCUT2D eigenvalue weighted by molar-refractivity contribution is 5.82. The molecule has 0 N–H and O–H groups in total. The third-order valence-corrected chi connectivity index (χ3v) is 7.15. The average molecular weight is 451 g/mol. The number of nitrogens with zero attached hydrogens (tertiary/aromatic N) is 4. The van der Waals surface area contributed by atoms with E-state index in [4.69, 9.17) is 9.84 Å². The zero-order valence-electron chi connectivity index (χ0n) is 19.1. The standard InChI is InChI=1S/C26H31FN4O2/c1-2-31-24-18-20(27)8-9-23(24)25(28-31)19-10-14-29(15-11-19)21-12-16-30(17-13-21)26(32)33-22-6-4-3-5-7-22/h3-9,18-19,21H,2,10-17H2,1H3. The maximum atomic E-state index is 13.8. The van der Waals surface area contributed by atoms with Crippen LogP contribution in [0.5, 0.6) is 5.75 Å². The van der Waals surface area contributed by atoms with Gasteiger partial charge in [0.15, 0.2) is 0 Å². The topological polar surface area (TPSA) is 50.6 Å². The van der Waals surface area contributed by atoms with Crippen LogP contribution in [0.4, 0.5) is 9.18 Å². The van der Waals surface area contributed by atoms with Crippen molar-refractivity contribution in [1.29, 1.82) is 0 Å². The molecule has 0 unspecified atom stereocenters. The Bertz CT molecular complexity index is 1100. The van der Waals surface area contributed by atoms with Crippen molar-refractivity contribution in [3.8, 4) is 5.75 Å². The number of likely N-dealkylation sites (tertiary alicyclic amines) is 2. The monoisotopic (exact) mass is 450 g/mol. The first-order valence-corrected chi connectivity index (χ1v) is 12.0. The highest BCUT2D eigenvalue weighted by atomic mass is 19.1. The van der Waals surface area contributed by atoms with E-state index in [-0.39, 0.29) is 11.9 Å². The van der Waals surface area contributed by atoms with Crippen molar-refractivity contribution < 1.29 is 13.9 Å². The molecular formula is C26H31FN4O2. The smallest absolute Gasteiger partial charge is 0.410 e. The summed E-state index contributed by atoms with van der Waals surface area (Å²) in [7, 11) is 0. The van der Waals surface area contributed by atoms with Crippen LogP contribution in [-0.4, -0.2) is 57.9 Å². The zero-order valence-corrected chi connectivity index (χ0v) is 19.1. The number of halogens is 1. The van der Waals surface area contributed by atoms with Gasteiger partial charge in [0.25, 0.3) is 0 Å². The summed E-state index contributed by atoms with van der Waals surface area (Å²) < 4.78 is 21.2. The number of ether oxygens (including phenoxy) is 1. The van der Waals surface area contributed by atoms with Gasteiger partial charge >= 0.3 is 6.09 Å². The Labute approximate surface area is 193 Å². The molecule has 0 atom stereocenters. The average Bonchev–Trinajstić information content (AvgIpc) is 3.22. The Morgan fingerprint density at radius 3 is 2.45 bits per heavy atom. The zero-order chi connectivity index (χ0) is 22.8. The van der Waals surface area contributed by atoms with Crippen molar-refractivity contribution in [3.05, 3.63) is 60.0 Å². The van der Waals surface area contributed by atoms with E-state index in [2.05, 4.69) is 4.90 Å². The van der Waals surface area contributed by atoms with Crippen molar-refractivity contribution in [2.75, 3.05) is 26.2 Å². The van der Waals surface area contributed by atoms with Gasteiger partial charge in [-0.3, -0.25) is 4.68 Å². The summed E-state index contributed by atoms with van der Waals surface area (Å²) in [6, 6.07) is 14.8. The Morgan fingerprint density at radius 2 is 1.76 bits per heavy atom. The number of carbonyl (C=O) groups is 1. The number of hydrogen-bond acceptors (Lipinski definition) is 4. The second kappa shape index (κ2) is 9.51. The Balaban J connectivity index is 1.16. The maximum Gasteiger partial charge on any atom is 0.415 e. The van der Waals surface area contributed by atoms with Crippen LogP contribution in [-0.2, 0) is 6.54 Å². The third-order valence-electron chi connectivity index (χ3n) is 7.15. The van der Waals surface area contributed by atoms with E-state index < -0.39 is 0 Å². The minimum Gasteiger partial charge on any atom is -0.410 e. The third kappa shape index (κ3) is 4.60. The molecule has 1 amide bonds. The van der Waals surface area contributed by atoms with E-state index in [0.29, 0.717) is 17.7 Å². The van der Waals surface area contributed by atoms with Crippen LogP contribution in [0.2, 0.25) is 0 Å². The van der Waals surface area contributed by atoms with Crippen molar-refractivity contribution in [3.63, 3.8) is 0 Å². The highest BCUT2D eigenvalue weighted by Gasteiger charge is 2.32. The van der Waals surface area contributed by atoms with Crippen molar-refractivity contribution in [2.24, 2.45) is 0 Å². The fourth-order valence-corrected chi connectivity index (χ4v) is 5.32. The van der Waals surface area contributed by atoms with E-state index in [1.54, 1.807) is 24.3 Å². The summed E-state index contributed by atoms with van der Waals surface area (Å²) in [5, 5.41) is 5.93. The number of aryl methyl sites for hydroxylation is 1. The predicted octanol–water partition coefficient (Wildman–Crippen LogP) is 5.04. The lowest BCUT2D eigenvalue weighted by molar-refractivity contribution is 0.0836. The molecule has 0 aliphatic carbocycles. The molecular weight excluding hydrogens is 419 g/mol. The molecule has 3 aromatic rings. The van der Waals surface area contributed by atoms with Crippen LogP contribution in [0.25, 0.3) is 10.9 Å². The summed E-state index contributed by atoms with van der Waals surface area (Å²) in [4.78, 5) is 16.9. The van der Waals surface area contributed by atoms with Gasteiger partial charge in [0.1, 0.15) is 11.6 Å². The first-order valence-electron chi connectivity index (χ1n) is 12.0. The van der Waals surface area contributed by atoms with E-state index in [0.717, 1.165) is 75.0 Å². The molecule has 2 aliphatic rings. The molecule has 0 radical (unpaired) electrons. The lowest BCUT2D eigenvalue weighted by Gasteiger charge is -2.41. The molecule has 174 valence electrons. The summed E-state index contributed by atoms with van der Waals surface area (Å²) in [6.45, 7) is 6.31. The van der Waals surface area contributed by atoms with E-state index >= 15 is 0 Å². The number of piperidine rings is 2. The van der Waals surface area contributed by atoms with Gasteiger partial charge in [-0.15, -0.1) is 0 Å². The molecule has 5 rings (SSSR count). The van der Waals surface area contributed by atoms with Gasteiger partial charge in [-0.1, -0.05) is 18.2 Å². The minimum atomic E-state index is -0.256. The molecule has 2 saturated heterocycles. The van der Waals surface area contributed by atoms with Crippen LogP contribution in [0.3, 0.4) is 0 Å². The van der Waals surface area contributed by atoms with Gasteiger partial charge in [-0.05, 0) is 76.0 Å². The summed E-state index contributed by atoms with van der Waals surface area (Å²) in [6.07, 6.45) is 3.81. The van der Waals surface area contributed by atoms with Crippen molar-refractivity contribution >= 4 is 17.0 Å². The van der Waals surface area contributed by atoms with Crippen molar-refractivity contribution in [2.45, 2.75) is 51.1 Å². The summed E-state index contributed by atoms with van der Waals surface area (Å²) >= 11 is 0. The summed E-state index contributed by atoms with van der Waals surface area (Å²) in [5.74, 6) is 0.785. The SMILES string of the molecule is CCn1nc(C2CCN(C3CCN(C(=O)Oc4ccccc4)CC3)CC2)c2ccc(F)cc21. The summed E-state index contributed by atoms with van der Waals surface area (Å²) in [5.41, 5.74) is 2.01.